The fourth-order valence-electron chi connectivity index (χ4n) is 16.2. The zero-order chi connectivity index (χ0) is 84.4. The van der Waals surface area contributed by atoms with Gasteiger partial charge in [-0.3, -0.25) is 0 Å². The lowest BCUT2D eigenvalue weighted by Crippen LogP contribution is -2.35. The Morgan fingerprint density at radius 3 is 0.539 bits per heavy atom. The molecule has 0 bridgehead atoms. The molecule has 12 nitrogen and oxygen atoms in total. The second-order valence-corrected chi connectivity index (χ2v) is 35.4. The Kier molecular flexibility index (Phi) is 33.8. The average Bonchev–Trinajstić information content (AvgIpc) is 1.78. The molecule has 6 aliphatic rings. The first-order valence-electron chi connectivity index (χ1n) is 42.1. The van der Waals surface area contributed by atoms with Gasteiger partial charge in [-0.05, 0) is 265 Å². The lowest BCUT2D eigenvalue weighted by atomic mass is 9.78. The molecular formula is C103H134O12. The summed E-state index contributed by atoms with van der Waals surface area (Å²) in [5.74, 6) is -1.67. The molecule has 0 radical (unpaired) electrons. The molecule has 6 fully saturated rings. The van der Waals surface area contributed by atoms with Gasteiger partial charge in [0, 0.05) is 33.4 Å². The number of benzene rings is 6. The van der Waals surface area contributed by atoms with Gasteiger partial charge in [0.25, 0.3) is 0 Å². The van der Waals surface area contributed by atoms with Crippen LogP contribution in [0.15, 0.2) is 231 Å². The van der Waals surface area contributed by atoms with E-state index in [-0.39, 0.29) is 46.6 Å². The third kappa shape index (κ3) is 26.0. The van der Waals surface area contributed by atoms with E-state index in [4.69, 9.17) is 28.4 Å². The molecule has 0 unspecified atom stereocenters. The molecule has 0 saturated heterocycles. The van der Waals surface area contributed by atoms with Crippen LogP contribution in [0.1, 0.15) is 312 Å². The highest BCUT2D eigenvalue weighted by Crippen LogP contribution is 2.48. The van der Waals surface area contributed by atoms with Crippen LogP contribution < -0.4 is 0 Å². The fourth-order valence-corrected chi connectivity index (χ4v) is 16.2. The number of esters is 6. The van der Waals surface area contributed by atoms with Crippen LogP contribution in [0.3, 0.4) is 0 Å². The molecule has 0 aliphatic heterocycles. The van der Waals surface area contributed by atoms with Crippen LogP contribution in [0.4, 0.5) is 0 Å². The Morgan fingerprint density at radius 1 is 0.235 bits per heavy atom. The van der Waals surface area contributed by atoms with Gasteiger partial charge in [-0.25, -0.2) is 28.8 Å². The number of ether oxygens (including phenoxy) is 6. The molecule has 6 aromatic rings. The first-order valence-corrected chi connectivity index (χ1v) is 42.1. The molecule has 12 rings (SSSR count). The van der Waals surface area contributed by atoms with E-state index in [1.807, 2.05) is 48.5 Å². The highest BCUT2D eigenvalue weighted by molar-refractivity contribution is 5.90. The molecule has 0 spiro atoms. The molecule has 6 aliphatic carbocycles. The molecule has 0 atom stereocenters. The number of hydrogen-bond donors (Lipinski definition) is 0. The topological polar surface area (TPSA) is 158 Å². The zero-order valence-corrected chi connectivity index (χ0v) is 72.2. The minimum absolute atomic E-state index is 0.132. The summed E-state index contributed by atoms with van der Waals surface area (Å²) in [5, 5.41) is 0. The van der Waals surface area contributed by atoms with E-state index >= 15 is 0 Å². The predicted octanol–water partition coefficient (Wildman–Crippen LogP) is 25.8. The molecule has 618 valence electrons. The van der Waals surface area contributed by atoms with Crippen LogP contribution in [0.25, 0.3) is 0 Å². The molecule has 0 aromatic heterocycles. The summed E-state index contributed by atoms with van der Waals surface area (Å²) in [4.78, 5) is 71.5. The van der Waals surface area contributed by atoms with Gasteiger partial charge in [-0.15, -0.1) is 0 Å². The Morgan fingerprint density at radius 2 is 0.383 bits per heavy atom. The van der Waals surface area contributed by atoms with Crippen molar-refractivity contribution in [1.82, 2.24) is 0 Å². The smallest absolute Gasteiger partial charge is 0.333 e. The fraction of sp³-hybridized carbons (Fsp3) is 0.476. The second-order valence-electron chi connectivity index (χ2n) is 35.4. The summed E-state index contributed by atoms with van der Waals surface area (Å²) < 4.78 is 34.8. The maximum Gasteiger partial charge on any atom is 0.333 e. The summed E-state index contributed by atoms with van der Waals surface area (Å²) in [6.45, 7) is 49.6. The van der Waals surface area contributed by atoms with E-state index in [2.05, 4.69) is 204 Å². The molecule has 0 amide bonds. The quantitative estimate of drug-likeness (QED) is 0.0456. The van der Waals surface area contributed by atoms with Crippen molar-refractivity contribution >= 4 is 35.8 Å². The van der Waals surface area contributed by atoms with Crippen LogP contribution in [-0.4, -0.2) is 35.8 Å². The van der Waals surface area contributed by atoms with Gasteiger partial charge in [-0.2, -0.15) is 0 Å². The van der Waals surface area contributed by atoms with Crippen molar-refractivity contribution in [3.8, 4) is 0 Å². The van der Waals surface area contributed by atoms with Crippen molar-refractivity contribution in [2.75, 3.05) is 0 Å². The van der Waals surface area contributed by atoms with E-state index in [1.54, 1.807) is 41.5 Å². The summed E-state index contributed by atoms with van der Waals surface area (Å²) in [6.07, 6.45) is 27.8. The molecule has 6 saturated carbocycles. The highest BCUT2D eigenvalue weighted by Gasteiger charge is 2.45. The van der Waals surface area contributed by atoms with Crippen molar-refractivity contribution in [3.63, 3.8) is 0 Å². The van der Waals surface area contributed by atoms with Gasteiger partial charge >= 0.3 is 35.8 Å². The van der Waals surface area contributed by atoms with E-state index in [0.29, 0.717) is 33.4 Å². The van der Waals surface area contributed by atoms with E-state index in [0.717, 1.165) is 187 Å². The summed E-state index contributed by atoms with van der Waals surface area (Å²) in [5.41, 5.74) is 12.1. The van der Waals surface area contributed by atoms with Crippen LogP contribution >= 0.6 is 0 Å². The van der Waals surface area contributed by atoms with Gasteiger partial charge in [0.15, 0.2) is 0 Å². The van der Waals surface area contributed by atoms with Crippen molar-refractivity contribution in [2.24, 2.45) is 0 Å². The molecule has 12 heteroatoms. The molecule has 0 heterocycles. The molecule has 0 N–H and O–H groups in total. The summed E-state index contributed by atoms with van der Waals surface area (Å²) in [6, 6.07) is 53.9. The number of hydrogen-bond acceptors (Lipinski definition) is 12. The maximum absolute atomic E-state index is 12.1. The van der Waals surface area contributed by atoms with Gasteiger partial charge in [-0.1, -0.05) is 269 Å². The lowest BCUT2D eigenvalue weighted by molar-refractivity contribution is -0.161. The van der Waals surface area contributed by atoms with E-state index in [1.165, 1.54) is 41.5 Å². The van der Waals surface area contributed by atoms with Crippen LogP contribution in [0.2, 0.25) is 0 Å². The van der Waals surface area contributed by atoms with Crippen molar-refractivity contribution < 1.29 is 57.2 Å². The summed E-state index contributed by atoms with van der Waals surface area (Å²) in [7, 11) is 0. The van der Waals surface area contributed by atoms with Crippen molar-refractivity contribution in [3.05, 3.63) is 286 Å². The molecular weight excluding hydrogens is 1430 g/mol. The van der Waals surface area contributed by atoms with Gasteiger partial charge in [0.05, 0.1) is 0 Å². The van der Waals surface area contributed by atoms with E-state index in [9.17, 15) is 28.8 Å². The number of rotatable bonds is 18. The number of carbonyl (C=O) groups excluding carboxylic acids is 6. The average molecular weight is 1560 g/mol. The first-order chi connectivity index (χ1) is 54.3. The maximum atomic E-state index is 12.1. The zero-order valence-electron chi connectivity index (χ0n) is 72.2. The third-order valence-corrected chi connectivity index (χ3v) is 23.3. The number of carbonyl (C=O) groups is 6. The van der Waals surface area contributed by atoms with Gasteiger partial charge < -0.3 is 28.4 Å². The normalized spacial score (nSPS) is 17.7. The van der Waals surface area contributed by atoms with Crippen molar-refractivity contribution in [2.45, 2.75) is 315 Å². The summed E-state index contributed by atoms with van der Waals surface area (Å²) >= 11 is 0. The Bertz CT molecular complexity index is 4250. The minimum atomic E-state index is -0.468. The minimum Gasteiger partial charge on any atom is -0.451 e. The SMILES string of the molecule is C=C(C)C(=O)OC1(c2ccc(C(C)(C)C)cc2)CCCC1.C=C(C)C(=O)OC1(c2ccc(C(C)(C)C)cc2)CCCCC1.C=C(C)C(=O)OC1(c2ccc(C)cc2)CCCC1.C=C(C)C(=O)OC1(c2ccc(C)cc2)CCCCC1.C=C(C)C(=O)OC1(c2ccccc2)CCCC1.C=C(C)C(=O)OC1(c2ccccc2)CCCCC1. The molecule has 115 heavy (non-hydrogen) atoms. The monoisotopic (exact) mass is 1560 g/mol. The van der Waals surface area contributed by atoms with Crippen molar-refractivity contribution in [1.29, 1.82) is 0 Å². The third-order valence-electron chi connectivity index (χ3n) is 23.3. The predicted molar refractivity (Wildman–Crippen MR) is 466 cm³/mol. The number of aryl methyl sites for hydroxylation is 2. The Labute approximate surface area is 690 Å². The van der Waals surface area contributed by atoms with Crippen LogP contribution in [0, 0.1) is 13.8 Å². The first kappa shape index (κ1) is 92.7. The molecule has 6 aromatic carbocycles. The largest absolute Gasteiger partial charge is 0.451 e. The van der Waals surface area contributed by atoms with Gasteiger partial charge in [0.2, 0.25) is 0 Å². The Balaban J connectivity index is 0.000000191. The van der Waals surface area contributed by atoms with Gasteiger partial charge in [0.1, 0.15) is 33.6 Å². The highest BCUT2D eigenvalue weighted by atomic mass is 16.6. The van der Waals surface area contributed by atoms with E-state index < -0.39 is 33.6 Å². The van der Waals surface area contributed by atoms with Crippen LogP contribution in [0.5, 0.6) is 0 Å². The standard InChI is InChI=1S/C20H28O2.C19H26O2.C17H22O2.2C16H20O2.C15H18O2/c1-15(2)18(21)22-20(13-7-6-8-14-20)17-11-9-16(10-12-17)19(3,4)5;1-14(2)17(20)21-19(12-6-7-13-19)16-10-8-15(9-11-16)18(3,4)5;1-13(2)16(18)19-17(11-5-4-6-12-17)15-9-7-14(3)8-10-15;1-12(2)15(17)18-16(10-4-5-11-16)14-8-6-13(3)7-9-14;1-13(2)15(17)18-16(11-7-4-8-12-16)14-9-5-3-6-10-14;1-12(2)14(16)17-15(10-6-7-11-15)13-8-4-3-5-9-13/h9-12H,1,6-8,13-14H2,2-5H3;8-11H,1,6-7,12-13H2,2-5H3;7-10H,1,4-6,11-12H2,2-3H3;6-9H,1,4-5,10-11H2,2-3H3;3,5-6,9-10H,1,4,7-8,11-12H2,2H3;3-5,8-9H,1,6-7,10-11H2,2H3. The van der Waals surface area contributed by atoms with Crippen LogP contribution in [-0.2, 0) is 102 Å². The second kappa shape index (κ2) is 41.9. The Hall–Kier alpha value is -9.42. The lowest BCUT2D eigenvalue weighted by Gasteiger charge is -2.37.